The monoisotopic (exact) mass is 467 g/mol. The number of amides is 1. The van der Waals surface area contributed by atoms with E-state index < -0.39 is 0 Å². The lowest BCUT2D eigenvalue weighted by molar-refractivity contribution is 0.0937. The number of nitrogens with zero attached hydrogens (tertiary/aromatic N) is 6. The van der Waals surface area contributed by atoms with Gasteiger partial charge >= 0.3 is 0 Å². The van der Waals surface area contributed by atoms with E-state index >= 15 is 0 Å². The van der Waals surface area contributed by atoms with Crippen molar-refractivity contribution in [3.05, 3.63) is 78.0 Å². The molecule has 0 radical (unpaired) electrons. The van der Waals surface area contributed by atoms with Gasteiger partial charge in [-0.2, -0.15) is 15.2 Å². The van der Waals surface area contributed by atoms with Crippen LogP contribution in [0.15, 0.2) is 59.6 Å². The third-order valence-electron chi connectivity index (χ3n) is 6.78. The summed E-state index contributed by atoms with van der Waals surface area (Å²) in [6.07, 6.45) is 9.68. The van der Waals surface area contributed by atoms with Gasteiger partial charge in [0, 0.05) is 54.3 Å². The SMILES string of the molecule is Cc1cc(-c2cc(-c3cnn(C)c3)cn3nccc23)ccc1CNC(=O)c1noc(C2(C)CC2)n1. The first-order chi connectivity index (χ1) is 16.9. The smallest absolute Gasteiger partial charge is 0.292 e. The van der Waals surface area contributed by atoms with E-state index in [4.69, 9.17) is 4.52 Å². The number of nitrogens with one attached hydrogen (secondary N) is 1. The standard InChI is InChI=1S/C26H25N7O2/c1-16-10-17(21-11-19(20-13-29-32(3)14-20)15-33-22(21)6-9-28-33)4-5-18(16)12-27-24(34)23-30-25(35-31-23)26(2)7-8-26/h4-6,9-11,13-15H,7-8,12H2,1-3H3,(H,27,34). The van der Waals surface area contributed by atoms with Crippen molar-refractivity contribution in [2.45, 2.75) is 38.6 Å². The highest BCUT2D eigenvalue weighted by Gasteiger charge is 2.44. The summed E-state index contributed by atoms with van der Waals surface area (Å²) >= 11 is 0. The average molecular weight is 468 g/mol. The maximum atomic E-state index is 12.6. The van der Waals surface area contributed by atoms with Crippen LogP contribution in [-0.2, 0) is 19.0 Å². The van der Waals surface area contributed by atoms with Crippen LogP contribution in [0.1, 0.15) is 47.4 Å². The Bertz CT molecular complexity index is 1570. The zero-order chi connectivity index (χ0) is 24.2. The number of aryl methyl sites for hydroxylation is 2. The topological polar surface area (TPSA) is 103 Å². The first kappa shape index (κ1) is 21.3. The number of carbonyl (C=O) groups excluding carboxylic acids is 1. The molecule has 4 heterocycles. The number of aromatic nitrogens is 6. The summed E-state index contributed by atoms with van der Waals surface area (Å²) in [7, 11) is 1.91. The van der Waals surface area contributed by atoms with Crippen molar-refractivity contribution in [1.29, 1.82) is 0 Å². The maximum absolute atomic E-state index is 12.6. The minimum absolute atomic E-state index is 0.0623. The molecule has 1 aromatic carbocycles. The van der Waals surface area contributed by atoms with Gasteiger partial charge in [-0.3, -0.25) is 9.48 Å². The van der Waals surface area contributed by atoms with E-state index in [1.165, 1.54) is 0 Å². The summed E-state index contributed by atoms with van der Waals surface area (Å²) in [5.41, 5.74) is 7.28. The summed E-state index contributed by atoms with van der Waals surface area (Å²) in [4.78, 5) is 16.8. The number of hydrogen-bond donors (Lipinski definition) is 1. The van der Waals surface area contributed by atoms with Crippen molar-refractivity contribution >= 4 is 11.4 Å². The Kier molecular flexibility index (Phi) is 4.80. The van der Waals surface area contributed by atoms with Crippen LogP contribution in [0.3, 0.4) is 0 Å². The van der Waals surface area contributed by atoms with E-state index in [2.05, 4.69) is 50.8 Å². The van der Waals surface area contributed by atoms with Gasteiger partial charge in [0.2, 0.25) is 5.89 Å². The van der Waals surface area contributed by atoms with Crippen molar-refractivity contribution in [1.82, 2.24) is 34.9 Å². The van der Waals surface area contributed by atoms with Gasteiger partial charge in [-0.15, -0.1) is 0 Å². The number of benzene rings is 1. The molecule has 0 spiro atoms. The Balaban J connectivity index is 1.24. The van der Waals surface area contributed by atoms with Crippen LogP contribution >= 0.6 is 0 Å². The number of pyridine rings is 1. The van der Waals surface area contributed by atoms with Crippen molar-refractivity contribution in [2.75, 3.05) is 0 Å². The Labute approximate surface area is 201 Å². The molecule has 9 nitrogen and oxygen atoms in total. The van der Waals surface area contributed by atoms with Gasteiger partial charge < -0.3 is 9.84 Å². The Hall–Kier alpha value is -4.27. The van der Waals surface area contributed by atoms with Crippen LogP contribution in [0, 0.1) is 6.92 Å². The first-order valence-electron chi connectivity index (χ1n) is 11.6. The van der Waals surface area contributed by atoms with Gasteiger partial charge in [-0.1, -0.05) is 30.3 Å². The van der Waals surface area contributed by atoms with E-state index in [0.29, 0.717) is 12.4 Å². The van der Waals surface area contributed by atoms with Gasteiger partial charge in [0.15, 0.2) is 0 Å². The van der Waals surface area contributed by atoms with Crippen LogP contribution in [0.2, 0.25) is 0 Å². The predicted octanol–water partition coefficient (Wildman–Crippen LogP) is 4.07. The van der Waals surface area contributed by atoms with E-state index in [9.17, 15) is 4.79 Å². The van der Waals surface area contributed by atoms with Gasteiger partial charge in [0.25, 0.3) is 11.7 Å². The summed E-state index contributed by atoms with van der Waals surface area (Å²) in [6, 6.07) is 10.4. The molecule has 1 N–H and O–H groups in total. The number of fused-ring (bicyclic) bond motifs is 1. The molecular formula is C26H25N7O2. The molecule has 9 heteroatoms. The third-order valence-corrected chi connectivity index (χ3v) is 6.78. The minimum atomic E-state index is -0.335. The quantitative estimate of drug-likeness (QED) is 0.404. The maximum Gasteiger partial charge on any atom is 0.292 e. The molecule has 1 aliphatic carbocycles. The summed E-state index contributed by atoms with van der Waals surface area (Å²) < 4.78 is 8.97. The van der Waals surface area contributed by atoms with Gasteiger partial charge in [-0.25, -0.2) is 4.52 Å². The fourth-order valence-electron chi connectivity index (χ4n) is 4.27. The van der Waals surface area contributed by atoms with E-state index in [0.717, 1.165) is 51.7 Å². The lowest BCUT2D eigenvalue weighted by Crippen LogP contribution is -2.24. The number of carbonyl (C=O) groups is 1. The molecule has 4 aromatic heterocycles. The predicted molar refractivity (Wildman–Crippen MR) is 130 cm³/mol. The molecule has 35 heavy (non-hydrogen) atoms. The van der Waals surface area contributed by atoms with Crippen LogP contribution < -0.4 is 5.32 Å². The molecular weight excluding hydrogens is 442 g/mol. The molecule has 0 unspecified atom stereocenters. The second-order valence-electron chi connectivity index (χ2n) is 9.51. The second-order valence-corrected chi connectivity index (χ2v) is 9.51. The van der Waals surface area contributed by atoms with E-state index in [1.54, 1.807) is 10.9 Å². The fourth-order valence-corrected chi connectivity index (χ4v) is 4.27. The van der Waals surface area contributed by atoms with Crippen LogP contribution in [0.4, 0.5) is 0 Å². The van der Waals surface area contributed by atoms with Gasteiger partial charge in [-0.05, 0) is 48.6 Å². The highest BCUT2D eigenvalue weighted by atomic mass is 16.5. The van der Waals surface area contributed by atoms with E-state index in [1.807, 2.05) is 49.2 Å². The molecule has 1 aliphatic rings. The van der Waals surface area contributed by atoms with Crippen molar-refractivity contribution in [2.24, 2.45) is 7.05 Å². The molecule has 6 rings (SSSR count). The minimum Gasteiger partial charge on any atom is -0.345 e. The van der Waals surface area contributed by atoms with Crippen molar-refractivity contribution in [3.63, 3.8) is 0 Å². The lowest BCUT2D eigenvalue weighted by atomic mass is 9.97. The largest absolute Gasteiger partial charge is 0.345 e. The Morgan fingerprint density at radius 3 is 2.71 bits per heavy atom. The summed E-state index contributed by atoms with van der Waals surface area (Å²) in [5, 5.41) is 15.5. The highest BCUT2D eigenvalue weighted by Crippen LogP contribution is 2.46. The lowest BCUT2D eigenvalue weighted by Gasteiger charge is -2.12. The van der Waals surface area contributed by atoms with Crippen LogP contribution in [0.25, 0.3) is 27.8 Å². The van der Waals surface area contributed by atoms with Gasteiger partial charge in [0.1, 0.15) is 0 Å². The fraction of sp³-hybridized carbons (Fsp3) is 0.269. The second kappa shape index (κ2) is 7.90. The molecule has 176 valence electrons. The molecule has 0 aliphatic heterocycles. The van der Waals surface area contributed by atoms with Crippen molar-refractivity contribution < 1.29 is 9.32 Å². The third kappa shape index (κ3) is 3.88. The van der Waals surface area contributed by atoms with Crippen LogP contribution in [0.5, 0.6) is 0 Å². The Morgan fingerprint density at radius 2 is 1.97 bits per heavy atom. The molecule has 1 saturated carbocycles. The zero-order valence-electron chi connectivity index (χ0n) is 19.8. The molecule has 1 fully saturated rings. The number of hydrogen-bond acceptors (Lipinski definition) is 6. The summed E-state index contributed by atoms with van der Waals surface area (Å²) in [5.74, 6) is 0.290. The van der Waals surface area contributed by atoms with Crippen molar-refractivity contribution in [3.8, 4) is 22.3 Å². The molecule has 0 saturated heterocycles. The molecule has 1 amide bonds. The molecule has 0 atom stereocenters. The normalized spacial score (nSPS) is 14.4. The number of rotatable bonds is 6. The van der Waals surface area contributed by atoms with Crippen LogP contribution in [-0.4, -0.2) is 35.4 Å². The molecule has 0 bridgehead atoms. The Morgan fingerprint density at radius 1 is 1.11 bits per heavy atom. The average Bonchev–Trinajstić information content (AvgIpc) is 3.29. The van der Waals surface area contributed by atoms with E-state index in [-0.39, 0.29) is 17.1 Å². The zero-order valence-corrected chi connectivity index (χ0v) is 19.8. The molecule has 5 aromatic rings. The van der Waals surface area contributed by atoms with Gasteiger partial charge in [0.05, 0.1) is 11.7 Å². The first-order valence-corrected chi connectivity index (χ1v) is 11.6. The highest BCUT2D eigenvalue weighted by molar-refractivity contribution is 5.90. The summed E-state index contributed by atoms with van der Waals surface area (Å²) in [6.45, 7) is 4.49.